The number of fused-ring (bicyclic) bond motifs is 1. The molecule has 0 aliphatic carbocycles. The molecule has 0 radical (unpaired) electrons. The fraction of sp³-hybridized carbons (Fsp3) is 0.625. The molecule has 0 amide bonds. The molecular weight excluding hydrogens is 501 g/mol. The Hall–Kier alpha value is -1.85. The molecular formula is C24H33F3N2O4S2. The first-order chi connectivity index (χ1) is 16.5. The number of carbonyl (C=O) groups excluding carboxylic acids is 1. The second-order valence-electron chi connectivity index (χ2n) is 8.86. The van der Waals surface area contributed by atoms with Crippen molar-refractivity contribution in [1.29, 1.82) is 0 Å². The molecule has 2 aromatic rings. The summed E-state index contributed by atoms with van der Waals surface area (Å²) in [7, 11) is -3.77. The first-order valence-electron chi connectivity index (χ1n) is 12.0. The molecule has 3 rings (SSSR count). The van der Waals surface area contributed by atoms with Crippen molar-refractivity contribution in [2.75, 3.05) is 42.8 Å². The van der Waals surface area contributed by atoms with E-state index in [1.54, 1.807) is 6.92 Å². The number of sulfonamides is 1. The number of hydrogen-bond acceptors (Lipinski definition) is 6. The standard InChI is InChI=1S/C24H33F3N2O4S2/c1-3-33-23(30)19-10-14-28(15-11-19)16-17-35(31,32)29(13-7-6-12-24(25,26)27)22-18(2)20-8-4-5-9-21(20)34-22/h4-5,8-9,19H,3,6-7,10-17H2,1-2H3. The number of hydrogen-bond donors (Lipinski definition) is 0. The van der Waals surface area contributed by atoms with Crippen LogP contribution in [0.25, 0.3) is 10.1 Å². The van der Waals surface area contributed by atoms with Crippen molar-refractivity contribution < 1.29 is 31.1 Å². The number of rotatable bonds is 11. The van der Waals surface area contributed by atoms with Gasteiger partial charge in [0, 0.05) is 24.2 Å². The van der Waals surface area contributed by atoms with E-state index >= 15 is 0 Å². The number of benzene rings is 1. The summed E-state index contributed by atoms with van der Waals surface area (Å²) in [6.07, 6.45) is -3.95. The number of nitrogens with zero attached hydrogens (tertiary/aromatic N) is 2. The summed E-state index contributed by atoms with van der Waals surface area (Å²) < 4.78 is 72.1. The second kappa shape index (κ2) is 11.9. The molecule has 1 fully saturated rings. The molecule has 0 unspecified atom stereocenters. The van der Waals surface area contributed by atoms with E-state index < -0.39 is 22.6 Å². The van der Waals surface area contributed by atoms with Crippen LogP contribution in [0.1, 0.15) is 44.6 Å². The zero-order valence-corrected chi connectivity index (χ0v) is 21.8. The summed E-state index contributed by atoms with van der Waals surface area (Å²) >= 11 is 1.35. The maximum absolute atomic E-state index is 13.5. The first-order valence-corrected chi connectivity index (χ1v) is 14.4. The van der Waals surface area contributed by atoms with E-state index in [4.69, 9.17) is 4.74 Å². The maximum Gasteiger partial charge on any atom is 0.389 e. The van der Waals surface area contributed by atoms with Crippen molar-refractivity contribution in [2.45, 2.75) is 52.1 Å². The summed E-state index contributed by atoms with van der Waals surface area (Å²) in [5, 5.41) is 1.52. The largest absolute Gasteiger partial charge is 0.466 e. The van der Waals surface area contributed by atoms with Gasteiger partial charge in [-0.1, -0.05) is 18.2 Å². The van der Waals surface area contributed by atoms with E-state index in [-0.39, 0.29) is 37.0 Å². The molecule has 0 bridgehead atoms. The van der Waals surface area contributed by atoms with Gasteiger partial charge in [-0.05, 0) is 69.6 Å². The molecule has 1 saturated heterocycles. The molecule has 35 heavy (non-hydrogen) atoms. The molecule has 1 aromatic carbocycles. The predicted molar refractivity (Wildman–Crippen MR) is 133 cm³/mol. The minimum absolute atomic E-state index is 0.0109. The molecule has 0 atom stereocenters. The zero-order valence-electron chi connectivity index (χ0n) is 20.1. The van der Waals surface area contributed by atoms with Crippen molar-refractivity contribution in [3.63, 3.8) is 0 Å². The molecule has 1 aliphatic heterocycles. The Bertz CT molecular complexity index is 1090. The Morgan fingerprint density at radius 3 is 2.51 bits per heavy atom. The van der Waals surface area contributed by atoms with Crippen LogP contribution >= 0.6 is 11.3 Å². The number of unbranched alkanes of at least 4 members (excludes halogenated alkanes) is 1. The van der Waals surface area contributed by atoms with Crippen molar-refractivity contribution in [1.82, 2.24) is 4.90 Å². The molecule has 196 valence electrons. The van der Waals surface area contributed by atoms with Crippen LogP contribution < -0.4 is 4.31 Å². The number of carbonyl (C=O) groups is 1. The van der Waals surface area contributed by atoms with E-state index in [0.717, 1.165) is 15.6 Å². The average Bonchev–Trinajstić information content (AvgIpc) is 3.13. The lowest BCUT2D eigenvalue weighted by atomic mass is 9.97. The number of likely N-dealkylation sites (tertiary alicyclic amines) is 1. The van der Waals surface area contributed by atoms with E-state index in [1.807, 2.05) is 36.1 Å². The topological polar surface area (TPSA) is 66.9 Å². The first kappa shape index (κ1) is 27.7. The van der Waals surface area contributed by atoms with Crippen LogP contribution in [0.5, 0.6) is 0 Å². The second-order valence-corrected chi connectivity index (χ2v) is 11.9. The smallest absolute Gasteiger partial charge is 0.389 e. The molecule has 0 N–H and O–H groups in total. The van der Waals surface area contributed by atoms with Crippen LogP contribution in [0.15, 0.2) is 24.3 Å². The van der Waals surface area contributed by atoms with Gasteiger partial charge >= 0.3 is 12.1 Å². The highest BCUT2D eigenvalue weighted by Crippen LogP contribution is 2.39. The Morgan fingerprint density at radius 1 is 1.20 bits per heavy atom. The fourth-order valence-electron chi connectivity index (χ4n) is 4.35. The average molecular weight is 535 g/mol. The minimum Gasteiger partial charge on any atom is -0.466 e. The third kappa shape index (κ3) is 7.57. The van der Waals surface area contributed by atoms with Crippen LogP contribution in [0.3, 0.4) is 0 Å². The van der Waals surface area contributed by atoms with Crippen LogP contribution in [0.2, 0.25) is 0 Å². The van der Waals surface area contributed by atoms with Gasteiger partial charge in [-0.25, -0.2) is 8.42 Å². The van der Waals surface area contributed by atoms with Crippen molar-refractivity contribution in [3.05, 3.63) is 29.8 Å². The van der Waals surface area contributed by atoms with Crippen molar-refractivity contribution in [2.24, 2.45) is 5.92 Å². The highest BCUT2D eigenvalue weighted by Gasteiger charge is 2.31. The molecule has 0 spiro atoms. The van der Waals surface area contributed by atoms with Gasteiger partial charge in [0.05, 0.1) is 18.3 Å². The van der Waals surface area contributed by atoms with Crippen molar-refractivity contribution >= 4 is 42.4 Å². The molecule has 6 nitrogen and oxygen atoms in total. The van der Waals surface area contributed by atoms with Crippen molar-refractivity contribution in [3.8, 4) is 0 Å². The number of piperidine rings is 1. The number of alkyl halides is 3. The van der Waals surface area contributed by atoms with E-state index in [0.29, 0.717) is 44.1 Å². The van der Waals surface area contributed by atoms with Crippen LogP contribution in [0, 0.1) is 12.8 Å². The Morgan fingerprint density at radius 2 is 1.89 bits per heavy atom. The summed E-state index contributed by atoms with van der Waals surface area (Å²) in [6.45, 7) is 5.49. The monoisotopic (exact) mass is 534 g/mol. The summed E-state index contributed by atoms with van der Waals surface area (Å²) in [6, 6.07) is 7.60. The van der Waals surface area contributed by atoms with Gasteiger partial charge in [0.1, 0.15) is 5.00 Å². The molecule has 2 heterocycles. The van der Waals surface area contributed by atoms with E-state index in [2.05, 4.69) is 0 Å². The predicted octanol–water partition coefficient (Wildman–Crippen LogP) is 5.35. The quantitative estimate of drug-likeness (QED) is 0.287. The summed E-state index contributed by atoms with van der Waals surface area (Å²) in [5.74, 6) is -0.497. The summed E-state index contributed by atoms with van der Waals surface area (Å²) in [4.78, 5) is 14.0. The number of aryl methyl sites for hydroxylation is 1. The lowest BCUT2D eigenvalue weighted by Gasteiger charge is -2.31. The van der Waals surface area contributed by atoms with Gasteiger partial charge in [-0.3, -0.25) is 9.10 Å². The minimum atomic E-state index is -4.26. The van der Waals surface area contributed by atoms with Gasteiger partial charge in [-0.2, -0.15) is 13.2 Å². The Labute approximate surface area is 209 Å². The van der Waals surface area contributed by atoms with Gasteiger partial charge in [0.25, 0.3) is 0 Å². The van der Waals surface area contributed by atoms with Gasteiger partial charge < -0.3 is 9.64 Å². The van der Waals surface area contributed by atoms with E-state index in [1.165, 1.54) is 15.6 Å². The van der Waals surface area contributed by atoms with Gasteiger partial charge in [0.15, 0.2) is 0 Å². The van der Waals surface area contributed by atoms with E-state index in [9.17, 15) is 26.4 Å². The Kier molecular flexibility index (Phi) is 9.45. The van der Waals surface area contributed by atoms with Crippen LogP contribution in [0.4, 0.5) is 18.2 Å². The number of thiophene rings is 1. The number of ether oxygens (including phenoxy) is 1. The van der Waals surface area contributed by atoms with Crippen LogP contribution in [-0.2, 0) is 19.6 Å². The highest BCUT2D eigenvalue weighted by atomic mass is 32.2. The Balaban J connectivity index is 1.70. The number of halogens is 3. The maximum atomic E-state index is 13.5. The lowest BCUT2D eigenvalue weighted by molar-refractivity contribution is -0.149. The van der Waals surface area contributed by atoms with Gasteiger partial charge in [0.2, 0.25) is 10.0 Å². The lowest BCUT2D eigenvalue weighted by Crippen LogP contribution is -2.42. The zero-order chi connectivity index (χ0) is 25.6. The number of anilines is 1. The molecule has 1 aliphatic rings. The molecule has 11 heteroatoms. The third-order valence-corrected chi connectivity index (χ3v) is 9.47. The van der Waals surface area contributed by atoms with Crippen LogP contribution in [-0.4, -0.2) is 64.0 Å². The third-order valence-electron chi connectivity index (χ3n) is 6.33. The highest BCUT2D eigenvalue weighted by molar-refractivity contribution is 7.93. The SMILES string of the molecule is CCOC(=O)C1CCN(CCS(=O)(=O)N(CCCCC(F)(F)F)c2sc3ccccc3c2C)CC1. The summed E-state index contributed by atoms with van der Waals surface area (Å²) in [5.41, 5.74) is 0.820. The molecule has 0 saturated carbocycles. The fourth-order valence-corrected chi connectivity index (χ4v) is 7.45. The van der Waals surface area contributed by atoms with Gasteiger partial charge in [-0.15, -0.1) is 11.3 Å². The normalized spacial score (nSPS) is 16.0. The molecule has 1 aromatic heterocycles. The number of esters is 1.